The SMILES string of the molecule is C[C@@H]1CN(C(=O)c2ccnn2-c2ccccc2)C[C@H]1C(=O)O. The summed E-state index contributed by atoms with van der Waals surface area (Å²) in [5, 5.41) is 13.4. The Morgan fingerprint density at radius 2 is 1.91 bits per heavy atom. The fourth-order valence-corrected chi connectivity index (χ4v) is 2.86. The van der Waals surface area contributed by atoms with Gasteiger partial charge in [0.05, 0.1) is 17.8 Å². The number of aliphatic carboxylic acids is 1. The Kier molecular flexibility index (Phi) is 3.66. The average molecular weight is 299 g/mol. The predicted molar refractivity (Wildman–Crippen MR) is 79.8 cm³/mol. The summed E-state index contributed by atoms with van der Waals surface area (Å²) < 4.78 is 1.58. The van der Waals surface area contributed by atoms with Crippen LogP contribution in [0.5, 0.6) is 0 Å². The third-order valence-corrected chi connectivity index (χ3v) is 4.08. The summed E-state index contributed by atoms with van der Waals surface area (Å²) in [6.45, 7) is 2.56. The van der Waals surface area contributed by atoms with Crippen molar-refractivity contribution in [1.82, 2.24) is 14.7 Å². The van der Waals surface area contributed by atoms with Crippen LogP contribution in [-0.4, -0.2) is 44.8 Å². The number of benzene rings is 1. The molecule has 0 aliphatic carbocycles. The Bertz CT molecular complexity index is 696. The molecule has 22 heavy (non-hydrogen) atoms. The van der Waals surface area contributed by atoms with Crippen molar-refractivity contribution in [3.05, 3.63) is 48.3 Å². The Balaban J connectivity index is 1.86. The van der Waals surface area contributed by atoms with E-state index in [1.165, 1.54) is 0 Å². The largest absolute Gasteiger partial charge is 0.481 e. The first-order valence-electron chi connectivity index (χ1n) is 7.19. The van der Waals surface area contributed by atoms with E-state index >= 15 is 0 Å². The van der Waals surface area contributed by atoms with Gasteiger partial charge in [-0.05, 0) is 24.1 Å². The highest BCUT2D eigenvalue weighted by atomic mass is 16.4. The van der Waals surface area contributed by atoms with Crippen LogP contribution in [-0.2, 0) is 4.79 Å². The van der Waals surface area contributed by atoms with Crippen molar-refractivity contribution in [2.45, 2.75) is 6.92 Å². The fraction of sp³-hybridized carbons (Fsp3) is 0.312. The van der Waals surface area contributed by atoms with Crippen LogP contribution in [0.3, 0.4) is 0 Å². The van der Waals surface area contributed by atoms with Crippen molar-refractivity contribution >= 4 is 11.9 Å². The third kappa shape index (κ3) is 2.47. The number of hydrogen-bond acceptors (Lipinski definition) is 3. The highest BCUT2D eigenvalue weighted by molar-refractivity contribution is 5.93. The number of para-hydroxylation sites is 1. The molecule has 2 atom stereocenters. The lowest BCUT2D eigenvalue weighted by atomic mass is 9.99. The Hall–Kier alpha value is -2.63. The Labute approximate surface area is 128 Å². The minimum atomic E-state index is -0.848. The van der Waals surface area contributed by atoms with Crippen molar-refractivity contribution in [2.24, 2.45) is 11.8 Å². The molecule has 114 valence electrons. The second kappa shape index (κ2) is 5.63. The topological polar surface area (TPSA) is 75.4 Å². The molecule has 2 aromatic rings. The van der Waals surface area contributed by atoms with Gasteiger partial charge in [-0.1, -0.05) is 25.1 Å². The standard InChI is InChI=1S/C16H17N3O3/c1-11-9-18(10-13(11)16(21)22)15(20)14-7-8-17-19(14)12-5-3-2-4-6-12/h2-8,11,13H,9-10H2,1H3,(H,21,22)/t11-,13-/m1/s1. The zero-order valence-corrected chi connectivity index (χ0v) is 12.2. The maximum absolute atomic E-state index is 12.7. The lowest BCUT2D eigenvalue weighted by Crippen LogP contribution is -2.31. The van der Waals surface area contributed by atoms with Crippen molar-refractivity contribution < 1.29 is 14.7 Å². The summed E-state index contributed by atoms with van der Waals surface area (Å²) in [5.74, 6) is -1.58. The predicted octanol–water partition coefficient (Wildman–Crippen LogP) is 1.67. The van der Waals surface area contributed by atoms with Crippen molar-refractivity contribution in [2.75, 3.05) is 13.1 Å². The van der Waals surface area contributed by atoms with Crippen molar-refractivity contribution in [3.8, 4) is 5.69 Å². The van der Waals surface area contributed by atoms with E-state index in [4.69, 9.17) is 0 Å². The number of rotatable bonds is 3. The van der Waals surface area contributed by atoms with Crippen LogP contribution in [0.1, 0.15) is 17.4 Å². The van der Waals surface area contributed by atoms with Gasteiger partial charge in [-0.15, -0.1) is 0 Å². The number of likely N-dealkylation sites (tertiary alicyclic amines) is 1. The lowest BCUT2D eigenvalue weighted by Gasteiger charge is -2.16. The number of carbonyl (C=O) groups excluding carboxylic acids is 1. The van der Waals surface area contributed by atoms with Gasteiger partial charge in [0.2, 0.25) is 0 Å². The first kappa shape index (κ1) is 14.3. The Morgan fingerprint density at radius 3 is 2.55 bits per heavy atom. The number of hydrogen-bond donors (Lipinski definition) is 1. The van der Waals surface area contributed by atoms with E-state index in [-0.39, 0.29) is 18.4 Å². The Morgan fingerprint density at radius 1 is 1.18 bits per heavy atom. The normalized spacial score (nSPS) is 21.0. The minimum Gasteiger partial charge on any atom is -0.481 e. The number of carbonyl (C=O) groups is 2. The molecule has 1 fully saturated rings. The molecule has 3 rings (SSSR count). The second-order valence-corrected chi connectivity index (χ2v) is 5.60. The van der Waals surface area contributed by atoms with E-state index in [0.29, 0.717) is 12.2 Å². The second-order valence-electron chi connectivity index (χ2n) is 5.60. The quantitative estimate of drug-likeness (QED) is 0.935. The molecule has 0 radical (unpaired) electrons. The molecule has 2 heterocycles. The third-order valence-electron chi connectivity index (χ3n) is 4.08. The average Bonchev–Trinajstić information content (AvgIpc) is 3.14. The minimum absolute atomic E-state index is 0.0467. The molecule has 6 nitrogen and oxygen atoms in total. The van der Waals surface area contributed by atoms with Gasteiger partial charge >= 0.3 is 5.97 Å². The molecule has 1 N–H and O–H groups in total. The molecule has 0 bridgehead atoms. The molecule has 1 aromatic heterocycles. The smallest absolute Gasteiger partial charge is 0.308 e. The highest BCUT2D eigenvalue weighted by Crippen LogP contribution is 2.25. The molecule has 1 aliphatic heterocycles. The summed E-state index contributed by atoms with van der Waals surface area (Å²) in [4.78, 5) is 25.5. The van der Waals surface area contributed by atoms with E-state index in [9.17, 15) is 14.7 Å². The summed E-state index contributed by atoms with van der Waals surface area (Å²) in [7, 11) is 0. The van der Waals surface area contributed by atoms with Gasteiger partial charge in [0, 0.05) is 13.1 Å². The number of aromatic nitrogens is 2. The van der Waals surface area contributed by atoms with E-state index in [0.717, 1.165) is 5.69 Å². The van der Waals surface area contributed by atoms with Crippen LogP contribution in [0.4, 0.5) is 0 Å². The van der Waals surface area contributed by atoms with Crippen molar-refractivity contribution in [3.63, 3.8) is 0 Å². The summed E-state index contributed by atoms with van der Waals surface area (Å²) in [6.07, 6.45) is 1.58. The summed E-state index contributed by atoms with van der Waals surface area (Å²) >= 11 is 0. The molecule has 0 saturated carbocycles. The van der Waals surface area contributed by atoms with Crippen LogP contribution in [0, 0.1) is 11.8 Å². The van der Waals surface area contributed by atoms with E-state index in [1.807, 2.05) is 37.3 Å². The first-order valence-corrected chi connectivity index (χ1v) is 7.19. The maximum Gasteiger partial charge on any atom is 0.308 e. The number of carboxylic acid groups (broad SMARTS) is 1. The van der Waals surface area contributed by atoms with E-state index in [1.54, 1.807) is 21.8 Å². The van der Waals surface area contributed by atoms with Gasteiger partial charge < -0.3 is 10.0 Å². The monoisotopic (exact) mass is 299 g/mol. The van der Waals surface area contributed by atoms with Gasteiger partial charge in [0.15, 0.2) is 0 Å². The van der Waals surface area contributed by atoms with Gasteiger partial charge in [0.1, 0.15) is 5.69 Å². The van der Waals surface area contributed by atoms with Crippen LogP contribution >= 0.6 is 0 Å². The van der Waals surface area contributed by atoms with E-state index in [2.05, 4.69) is 5.10 Å². The zero-order valence-electron chi connectivity index (χ0n) is 12.2. The van der Waals surface area contributed by atoms with Gasteiger partial charge in [-0.25, -0.2) is 4.68 Å². The first-order chi connectivity index (χ1) is 10.6. The molecule has 1 aromatic carbocycles. The van der Waals surface area contributed by atoms with Gasteiger partial charge in [-0.3, -0.25) is 9.59 Å². The molecule has 6 heteroatoms. The number of nitrogens with zero attached hydrogens (tertiary/aromatic N) is 3. The zero-order chi connectivity index (χ0) is 15.7. The van der Waals surface area contributed by atoms with Crippen LogP contribution < -0.4 is 0 Å². The molecule has 0 unspecified atom stereocenters. The fourth-order valence-electron chi connectivity index (χ4n) is 2.86. The molecular weight excluding hydrogens is 282 g/mol. The number of amides is 1. The van der Waals surface area contributed by atoms with Crippen molar-refractivity contribution in [1.29, 1.82) is 0 Å². The molecule has 1 saturated heterocycles. The highest BCUT2D eigenvalue weighted by Gasteiger charge is 2.37. The van der Waals surface area contributed by atoms with Gasteiger partial charge in [0.25, 0.3) is 5.91 Å². The molecule has 1 amide bonds. The molecule has 0 spiro atoms. The van der Waals surface area contributed by atoms with E-state index < -0.39 is 11.9 Å². The van der Waals surface area contributed by atoms with Crippen LogP contribution in [0.15, 0.2) is 42.6 Å². The molecular formula is C16H17N3O3. The number of carboxylic acids is 1. The molecule has 1 aliphatic rings. The van der Waals surface area contributed by atoms with Crippen LogP contribution in [0.25, 0.3) is 5.69 Å². The summed E-state index contributed by atoms with van der Waals surface area (Å²) in [5.41, 5.74) is 1.25. The lowest BCUT2D eigenvalue weighted by molar-refractivity contribution is -0.142. The maximum atomic E-state index is 12.7. The summed E-state index contributed by atoms with van der Waals surface area (Å²) in [6, 6.07) is 11.1. The van der Waals surface area contributed by atoms with Gasteiger partial charge in [-0.2, -0.15) is 5.10 Å². The van der Waals surface area contributed by atoms with Crippen LogP contribution in [0.2, 0.25) is 0 Å².